The molecule has 2 rings (SSSR count). The third-order valence-electron chi connectivity index (χ3n) is 2.03. The van der Waals surface area contributed by atoms with Crippen molar-refractivity contribution in [3.05, 3.63) is 29.8 Å². The zero-order chi connectivity index (χ0) is 10.2. The summed E-state index contributed by atoms with van der Waals surface area (Å²) in [6.45, 7) is 6.60. The Labute approximate surface area is 85.7 Å². The van der Waals surface area contributed by atoms with Gasteiger partial charge in [0.2, 0.25) is 0 Å². The summed E-state index contributed by atoms with van der Waals surface area (Å²) < 4.78 is 0. The van der Waals surface area contributed by atoms with E-state index >= 15 is 0 Å². The maximum absolute atomic E-state index is 5.43. The van der Waals surface area contributed by atoms with Gasteiger partial charge in [-0.3, -0.25) is 0 Å². The molecular formula is C11H19N3. The number of nitrogens with one attached hydrogen (secondary N) is 2. The third kappa shape index (κ3) is 4.84. The van der Waals surface area contributed by atoms with Gasteiger partial charge in [0.05, 0.1) is 0 Å². The van der Waals surface area contributed by atoms with Gasteiger partial charge in [0.15, 0.2) is 0 Å². The fourth-order valence-electron chi connectivity index (χ4n) is 1.17. The van der Waals surface area contributed by atoms with Crippen molar-refractivity contribution in [2.75, 3.05) is 31.9 Å². The first-order valence-corrected chi connectivity index (χ1v) is 5.02. The van der Waals surface area contributed by atoms with E-state index in [9.17, 15) is 0 Å². The fourth-order valence-corrected chi connectivity index (χ4v) is 1.17. The molecule has 0 spiro atoms. The van der Waals surface area contributed by atoms with E-state index in [2.05, 4.69) is 10.6 Å². The molecule has 78 valence electrons. The molecule has 0 amide bonds. The first-order valence-electron chi connectivity index (χ1n) is 5.02. The number of benzene rings is 1. The minimum atomic E-state index is 0.829. The Balaban J connectivity index is 0.000000146. The quantitative estimate of drug-likeness (QED) is 0.533. The molecule has 1 aliphatic heterocycles. The number of rotatable bonds is 0. The predicted octanol–water partition coefficient (Wildman–Crippen LogP) is 0.756. The summed E-state index contributed by atoms with van der Waals surface area (Å²) in [5, 5.41) is 6.44. The van der Waals surface area contributed by atoms with Crippen molar-refractivity contribution in [3.8, 4) is 0 Å². The summed E-state index contributed by atoms with van der Waals surface area (Å²) >= 11 is 0. The normalized spacial score (nSPS) is 15.5. The van der Waals surface area contributed by atoms with Crippen molar-refractivity contribution >= 4 is 5.69 Å². The molecule has 14 heavy (non-hydrogen) atoms. The Bertz CT molecular complexity index is 207. The standard InChI is InChI=1S/C7H9N.C4H10N2/c1-6-2-4-7(8)5-3-6;1-2-6-4-3-5-1/h2-5H,8H2,1H3;5-6H,1-4H2. The largest absolute Gasteiger partial charge is 0.399 e. The molecule has 1 aliphatic rings. The molecule has 0 atom stereocenters. The van der Waals surface area contributed by atoms with Gasteiger partial charge in [-0.25, -0.2) is 0 Å². The maximum atomic E-state index is 5.43. The van der Waals surface area contributed by atoms with E-state index in [0.717, 1.165) is 31.9 Å². The van der Waals surface area contributed by atoms with Gasteiger partial charge in [-0.2, -0.15) is 0 Å². The highest BCUT2D eigenvalue weighted by atomic mass is 15.0. The molecule has 4 N–H and O–H groups in total. The SMILES string of the molecule is C1CNCCN1.Cc1ccc(N)cc1. The minimum absolute atomic E-state index is 0.829. The molecule has 1 aromatic rings. The van der Waals surface area contributed by atoms with Crippen LogP contribution in [0.2, 0.25) is 0 Å². The Kier molecular flexibility index (Phi) is 5.04. The number of nitrogen functional groups attached to an aromatic ring is 1. The summed E-state index contributed by atoms with van der Waals surface area (Å²) in [5.74, 6) is 0. The molecule has 1 aromatic carbocycles. The van der Waals surface area contributed by atoms with E-state index in [1.165, 1.54) is 5.56 Å². The van der Waals surface area contributed by atoms with Crippen LogP contribution in [0.15, 0.2) is 24.3 Å². The van der Waals surface area contributed by atoms with Crippen LogP contribution in [-0.4, -0.2) is 26.2 Å². The van der Waals surface area contributed by atoms with Crippen molar-refractivity contribution in [1.29, 1.82) is 0 Å². The van der Waals surface area contributed by atoms with E-state index in [1.54, 1.807) is 0 Å². The van der Waals surface area contributed by atoms with Crippen LogP contribution in [0.3, 0.4) is 0 Å². The van der Waals surface area contributed by atoms with Gasteiger partial charge in [-0.1, -0.05) is 17.7 Å². The Hall–Kier alpha value is -1.06. The van der Waals surface area contributed by atoms with Crippen LogP contribution < -0.4 is 16.4 Å². The van der Waals surface area contributed by atoms with Crippen molar-refractivity contribution < 1.29 is 0 Å². The van der Waals surface area contributed by atoms with Crippen LogP contribution in [0.4, 0.5) is 5.69 Å². The van der Waals surface area contributed by atoms with Crippen LogP contribution in [0.5, 0.6) is 0 Å². The molecular weight excluding hydrogens is 174 g/mol. The molecule has 0 bridgehead atoms. The number of nitrogens with two attached hydrogens (primary N) is 1. The summed E-state index contributed by atoms with van der Waals surface area (Å²) in [5.41, 5.74) is 7.51. The minimum Gasteiger partial charge on any atom is -0.399 e. The van der Waals surface area contributed by atoms with Crippen LogP contribution >= 0.6 is 0 Å². The molecule has 0 radical (unpaired) electrons. The summed E-state index contributed by atoms with van der Waals surface area (Å²) in [7, 11) is 0. The van der Waals surface area contributed by atoms with E-state index < -0.39 is 0 Å². The second-order valence-electron chi connectivity index (χ2n) is 3.41. The van der Waals surface area contributed by atoms with Gasteiger partial charge >= 0.3 is 0 Å². The first kappa shape index (κ1) is 11.0. The Morgan fingerprint density at radius 1 is 0.929 bits per heavy atom. The molecule has 1 fully saturated rings. The molecule has 0 aliphatic carbocycles. The number of anilines is 1. The number of aryl methyl sites for hydroxylation is 1. The number of piperazine rings is 1. The zero-order valence-corrected chi connectivity index (χ0v) is 8.72. The van der Waals surface area contributed by atoms with Crippen molar-refractivity contribution in [2.24, 2.45) is 0 Å². The van der Waals surface area contributed by atoms with Crippen LogP contribution in [0.1, 0.15) is 5.56 Å². The Morgan fingerprint density at radius 3 is 1.64 bits per heavy atom. The molecule has 0 aromatic heterocycles. The van der Waals surface area contributed by atoms with Gasteiger partial charge in [0.25, 0.3) is 0 Å². The van der Waals surface area contributed by atoms with Gasteiger partial charge < -0.3 is 16.4 Å². The smallest absolute Gasteiger partial charge is 0.0314 e. The highest BCUT2D eigenvalue weighted by molar-refractivity contribution is 5.38. The molecule has 3 nitrogen and oxygen atoms in total. The second kappa shape index (κ2) is 6.40. The van der Waals surface area contributed by atoms with E-state index in [-0.39, 0.29) is 0 Å². The lowest BCUT2D eigenvalue weighted by molar-refractivity contribution is 0.534. The highest BCUT2D eigenvalue weighted by Crippen LogP contribution is 2.02. The van der Waals surface area contributed by atoms with Crippen LogP contribution in [0.25, 0.3) is 0 Å². The van der Waals surface area contributed by atoms with Crippen molar-refractivity contribution in [1.82, 2.24) is 10.6 Å². The van der Waals surface area contributed by atoms with Gasteiger partial charge in [0.1, 0.15) is 0 Å². The summed E-state index contributed by atoms with van der Waals surface area (Å²) in [6.07, 6.45) is 0. The monoisotopic (exact) mass is 193 g/mol. The van der Waals surface area contributed by atoms with Crippen molar-refractivity contribution in [2.45, 2.75) is 6.92 Å². The van der Waals surface area contributed by atoms with E-state index in [1.807, 2.05) is 31.2 Å². The summed E-state index contributed by atoms with van der Waals surface area (Å²) in [4.78, 5) is 0. The number of hydrogen-bond acceptors (Lipinski definition) is 3. The van der Waals surface area contributed by atoms with E-state index in [4.69, 9.17) is 5.73 Å². The average molecular weight is 193 g/mol. The summed E-state index contributed by atoms with van der Waals surface area (Å²) in [6, 6.07) is 7.79. The zero-order valence-electron chi connectivity index (χ0n) is 8.72. The highest BCUT2D eigenvalue weighted by Gasteiger charge is 1.91. The lowest BCUT2D eigenvalue weighted by atomic mass is 10.2. The Morgan fingerprint density at radius 2 is 1.36 bits per heavy atom. The molecule has 0 saturated carbocycles. The third-order valence-corrected chi connectivity index (χ3v) is 2.03. The molecule has 3 heteroatoms. The van der Waals surface area contributed by atoms with Gasteiger partial charge in [-0.15, -0.1) is 0 Å². The lowest BCUT2D eigenvalue weighted by Gasteiger charge is -2.11. The van der Waals surface area contributed by atoms with Crippen molar-refractivity contribution in [3.63, 3.8) is 0 Å². The fraction of sp³-hybridized carbons (Fsp3) is 0.455. The first-order chi connectivity index (χ1) is 6.79. The van der Waals surface area contributed by atoms with Crippen LogP contribution in [-0.2, 0) is 0 Å². The predicted molar refractivity (Wildman–Crippen MR) is 61.3 cm³/mol. The van der Waals surface area contributed by atoms with Gasteiger partial charge in [0, 0.05) is 31.9 Å². The average Bonchev–Trinajstić information content (AvgIpc) is 2.26. The molecule has 1 heterocycles. The van der Waals surface area contributed by atoms with E-state index in [0.29, 0.717) is 0 Å². The molecule has 1 saturated heterocycles. The lowest BCUT2D eigenvalue weighted by Crippen LogP contribution is -2.39. The molecule has 0 unspecified atom stereocenters. The topological polar surface area (TPSA) is 50.1 Å². The maximum Gasteiger partial charge on any atom is 0.0314 e. The van der Waals surface area contributed by atoms with Crippen LogP contribution in [0, 0.1) is 6.92 Å². The number of hydrogen-bond donors (Lipinski definition) is 3. The van der Waals surface area contributed by atoms with Gasteiger partial charge in [-0.05, 0) is 19.1 Å². The second-order valence-corrected chi connectivity index (χ2v) is 3.41.